The number of hydrogen-bond donors (Lipinski definition) is 2. The summed E-state index contributed by atoms with van der Waals surface area (Å²) >= 11 is 6.06. The topological polar surface area (TPSA) is 92.0 Å². The lowest BCUT2D eigenvalue weighted by Gasteiger charge is -2.19. The lowest BCUT2D eigenvalue weighted by Crippen LogP contribution is -2.23. The highest BCUT2D eigenvalue weighted by atomic mass is 35.5. The molecule has 2 aromatic heterocycles. The highest BCUT2D eigenvalue weighted by Gasteiger charge is 2.34. The molecule has 2 N–H and O–H groups in total. The van der Waals surface area contributed by atoms with Crippen molar-refractivity contribution in [2.45, 2.75) is 25.3 Å². The molecule has 1 aliphatic heterocycles. The fourth-order valence-corrected chi connectivity index (χ4v) is 4.28. The summed E-state index contributed by atoms with van der Waals surface area (Å²) in [5.74, 6) is 1.01. The fourth-order valence-electron chi connectivity index (χ4n) is 4.07. The second kappa shape index (κ2) is 7.22. The van der Waals surface area contributed by atoms with Gasteiger partial charge in [-0.25, -0.2) is 4.98 Å². The Balaban J connectivity index is 1.64. The molecule has 3 heterocycles. The Morgan fingerprint density at radius 2 is 2.17 bits per heavy atom. The summed E-state index contributed by atoms with van der Waals surface area (Å²) in [5, 5.41) is 17.3. The Bertz CT molecular complexity index is 1260. The van der Waals surface area contributed by atoms with Gasteiger partial charge in [0.15, 0.2) is 0 Å². The van der Waals surface area contributed by atoms with Crippen molar-refractivity contribution in [1.29, 1.82) is 5.26 Å². The van der Waals surface area contributed by atoms with Gasteiger partial charge in [0.1, 0.15) is 16.8 Å². The highest BCUT2D eigenvalue weighted by Crippen LogP contribution is 2.41. The molecule has 3 aromatic rings. The van der Waals surface area contributed by atoms with Gasteiger partial charge < -0.3 is 19.9 Å². The van der Waals surface area contributed by atoms with Crippen LogP contribution in [0.15, 0.2) is 35.3 Å². The number of aromatic nitrogens is 2. The van der Waals surface area contributed by atoms with Gasteiger partial charge in [-0.1, -0.05) is 11.6 Å². The summed E-state index contributed by atoms with van der Waals surface area (Å²) in [6.07, 6.45) is 4.85. The zero-order chi connectivity index (χ0) is 20.8. The molecule has 7 nitrogen and oxygen atoms in total. The second-order valence-electron chi connectivity index (χ2n) is 7.79. The van der Waals surface area contributed by atoms with Gasteiger partial charge in [0.25, 0.3) is 5.56 Å². The number of aryl methyl sites for hydroxylation is 1. The lowest BCUT2D eigenvalue weighted by atomic mass is 10.1. The van der Waals surface area contributed by atoms with Crippen molar-refractivity contribution in [3.63, 3.8) is 0 Å². The third-order valence-electron chi connectivity index (χ3n) is 5.84. The fraction of sp³-hybridized carbons (Fsp3) is 0.318. The first kappa shape index (κ1) is 18.8. The normalized spacial score (nSPS) is 18.0. The maximum absolute atomic E-state index is 12.9. The summed E-state index contributed by atoms with van der Waals surface area (Å²) in [6.45, 7) is 0.529. The number of benzene rings is 1. The van der Waals surface area contributed by atoms with E-state index in [0.29, 0.717) is 30.0 Å². The lowest BCUT2D eigenvalue weighted by molar-refractivity contribution is 0.303. The molecule has 1 aromatic carbocycles. The van der Waals surface area contributed by atoms with Gasteiger partial charge in [0, 0.05) is 36.8 Å². The van der Waals surface area contributed by atoms with Crippen molar-refractivity contribution in [2.75, 3.05) is 17.2 Å². The molecule has 1 atom stereocenters. The number of nitriles is 1. The van der Waals surface area contributed by atoms with Crippen molar-refractivity contribution in [3.05, 3.63) is 51.5 Å². The van der Waals surface area contributed by atoms with E-state index in [2.05, 4.69) is 21.7 Å². The maximum Gasteiger partial charge on any atom is 0.295 e. The summed E-state index contributed by atoms with van der Waals surface area (Å²) in [4.78, 5) is 16.9. The van der Waals surface area contributed by atoms with Crippen LogP contribution in [0.3, 0.4) is 0 Å². The molecule has 8 heteroatoms. The maximum atomic E-state index is 12.9. The molecular formula is C22H20ClN5O2. The van der Waals surface area contributed by atoms with Gasteiger partial charge >= 0.3 is 0 Å². The van der Waals surface area contributed by atoms with Crippen LogP contribution in [0, 0.1) is 17.2 Å². The largest absolute Gasteiger partial charge is 0.486 e. The molecule has 0 unspecified atom stereocenters. The van der Waals surface area contributed by atoms with Crippen molar-refractivity contribution >= 4 is 39.6 Å². The van der Waals surface area contributed by atoms with Crippen LogP contribution >= 0.6 is 11.6 Å². The number of halogens is 1. The monoisotopic (exact) mass is 421 g/mol. The van der Waals surface area contributed by atoms with E-state index in [1.165, 1.54) is 12.8 Å². The third-order valence-corrected chi connectivity index (χ3v) is 6.13. The van der Waals surface area contributed by atoms with Crippen LogP contribution in [-0.2, 0) is 7.05 Å². The quantitative estimate of drug-likeness (QED) is 0.616. The van der Waals surface area contributed by atoms with Crippen LogP contribution in [0.5, 0.6) is 5.75 Å². The van der Waals surface area contributed by atoms with E-state index in [0.717, 1.165) is 28.7 Å². The number of ether oxygens (including phenoxy) is 1. The average molecular weight is 422 g/mol. The Kier molecular flexibility index (Phi) is 4.52. The van der Waals surface area contributed by atoms with Gasteiger partial charge in [0.2, 0.25) is 5.75 Å². The first-order valence-electron chi connectivity index (χ1n) is 9.94. The smallest absolute Gasteiger partial charge is 0.295 e. The number of fused-ring (bicyclic) bond motifs is 3. The van der Waals surface area contributed by atoms with E-state index in [4.69, 9.17) is 16.3 Å². The number of rotatable bonds is 3. The highest BCUT2D eigenvalue weighted by molar-refractivity contribution is 6.31. The van der Waals surface area contributed by atoms with Crippen LogP contribution in [0.25, 0.3) is 10.9 Å². The van der Waals surface area contributed by atoms with E-state index in [1.807, 2.05) is 18.2 Å². The molecule has 0 spiro atoms. The van der Waals surface area contributed by atoms with Gasteiger partial charge in [-0.05, 0) is 43.0 Å². The molecule has 2 aliphatic rings. The molecule has 1 saturated carbocycles. The zero-order valence-electron chi connectivity index (χ0n) is 16.4. The molecular weight excluding hydrogens is 402 g/mol. The first-order valence-corrected chi connectivity index (χ1v) is 10.3. The molecule has 0 saturated heterocycles. The van der Waals surface area contributed by atoms with Crippen LogP contribution in [0.1, 0.15) is 24.8 Å². The van der Waals surface area contributed by atoms with Crippen molar-refractivity contribution in [2.24, 2.45) is 13.0 Å². The van der Waals surface area contributed by atoms with Crippen LogP contribution in [-0.4, -0.2) is 22.2 Å². The Morgan fingerprint density at radius 3 is 2.93 bits per heavy atom. The SMILES string of the molecule is Cn1c(=O)c2c(c3cc(Nc4ccnc(Cl)c4C#N)ccc31)N[C@@H](C1CC1)CCO2. The number of anilines is 3. The Labute approximate surface area is 178 Å². The molecule has 1 fully saturated rings. The molecule has 0 radical (unpaired) electrons. The summed E-state index contributed by atoms with van der Waals surface area (Å²) < 4.78 is 7.51. The van der Waals surface area contributed by atoms with Gasteiger partial charge in [0.05, 0.1) is 23.5 Å². The van der Waals surface area contributed by atoms with E-state index in [9.17, 15) is 10.1 Å². The number of nitrogens with one attached hydrogen (secondary N) is 2. The van der Waals surface area contributed by atoms with E-state index in [-0.39, 0.29) is 16.3 Å². The molecule has 0 amide bonds. The van der Waals surface area contributed by atoms with E-state index in [1.54, 1.807) is 23.9 Å². The average Bonchev–Trinajstić information content (AvgIpc) is 3.58. The molecule has 5 rings (SSSR count). The summed E-state index contributed by atoms with van der Waals surface area (Å²) in [5.41, 5.74) is 3.05. The number of nitrogens with zero attached hydrogens (tertiary/aromatic N) is 3. The Morgan fingerprint density at radius 1 is 1.33 bits per heavy atom. The van der Waals surface area contributed by atoms with Crippen molar-refractivity contribution < 1.29 is 4.74 Å². The number of hydrogen-bond acceptors (Lipinski definition) is 6. The third kappa shape index (κ3) is 3.14. The van der Waals surface area contributed by atoms with Crippen LogP contribution in [0.2, 0.25) is 5.15 Å². The van der Waals surface area contributed by atoms with Gasteiger partial charge in [-0.2, -0.15) is 5.26 Å². The minimum absolute atomic E-state index is 0.144. The standard InChI is InChI=1S/C22H20ClN5O2/c1-28-18-5-4-13(26-17-6-8-25-21(23)15(17)11-24)10-14(18)19-20(22(28)29)30-9-7-16(27-19)12-2-3-12/h4-6,8,10,12,16,27H,2-3,7,9H2,1H3,(H,25,26)/t16-/m1/s1. The minimum Gasteiger partial charge on any atom is -0.486 e. The van der Waals surface area contributed by atoms with Crippen LogP contribution < -0.4 is 20.9 Å². The van der Waals surface area contributed by atoms with Crippen LogP contribution in [0.4, 0.5) is 17.1 Å². The van der Waals surface area contributed by atoms with Crippen molar-refractivity contribution in [3.8, 4) is 11.8 Å². The van der Waals surface area contributed by atoms with E-state index < -0.39 is 0 Å². The predicted molar refractivity (Wildman–Crippen MR) is 117 cm³/mol. The molecule has 152 valence electrons. The summed E-state index contributed by atoms with van der Waals surface area (Å²) in [6, 6.07) is 9.84. The minimum atomic E-state index is -0.144. The first-order chi connectivity index (χ1) is 14.6. The predicted octanol–water partition coefficient (Wildman–Crippen LogP) is 4.18. The Hall–Kier alpha value is -3.24. The molecule has 0 bridgehead atoms. The van der Waals surface area contributed by atoms with Gasteiger partial charge in [-0.15, -0.1) is 0 Å². The van der Waals surface area contributed by atoms with Crippen molar-refractivity contribution in [1.82, 2.24) is 9.55 Å². The van der Waals surface area contributed by atoms with Gasteiger partial charge in [-0.3, -0.25) is 4.79 Å². The zero-order valence-corrected chi connectivity index (χ0v) is 17.2. The summed E-state index contributed by atoms with van der Waals surface area (Å²) in [7, 11) is 1.75. The second-order valence-corrected chi connectivity index (χ2v) is 8.14. The molecule has 30 heavy (non-hydrogen) atoms. The molecule has 1 aliphatic carbocycles. The number of pyridine rings is 2. The van der Waals surface area contributed by atoms with E-state index >= 15 is 0 Å².